The van der Waals surface area contributed by atoms with Gasteiger partial charge in [-0.1, -0.05) is 12.1 Å². The van der Waals surface area contributed by atoms with E-state index in [1.807, 2.05) is 38.1 Å². The molecule has 0 bridgehead atoms. The van der Waals surface area contributed by atoms with Crippen LogP contribution in [0, 0.1) is 0 Å². The number of ether oxygens (including phenoxy) is 1. The Morgan fingerprint density at radius 3 is 2.94 bits per heavy atom. The third-order valence-corrected chi connectivity index (χ3v) is 2.95. The highest BCUT2D eigenvalue weighted by Crippen LogP contribution is 2.21. The Bertz CT molecular complexity index is 498. The maximum Gasteiger partial charge on any atom is 0.0739 e. The number of hydrogen-bond donors (Lipinski definition) is 1. The molecule has 0 saturated heterocycles. The van der Waals surface area contributed by atoms with E-state index in [4.69, 9.17) is 10.5 Å². The lowest BCUT2D eigenvalue weighted by Crippen LogP contribution is -2.26. The summed E-state index contributed by atoms with van der Waals surface area (Å²) in [6.07, 6.45) is 1.82. The molecule has 2 rings (SSSR count). The van der Waals surface area contributed by atoms with Crippen LogP contribution in [0.25, 0.3) is 10.9 Å². The van der Waals surface area contributed by atoms with Crippen molar-refractivity contribution in [2.45, 2.75) is 26.0 Å². The van der Waals surface area contributed by atoms with Crippen molar-refractivity contribution in [1.29, 1.82) is 0 Å². The molecule has 0 spiro atoms. The van der Waals surface area contributed by atoms with E-state index in [9.17, 15) is 0 Å². The van der Waals surface area contributed by atoms with Gasteiger partial charge in [0.25, 0.3) is 0 Å². The van der Waals surface area contributed by atoms with Crippen molar-refractivity contribution in [2.24, 2.45) is 5.73 Å². The third kappa shape index (κ3) is 2.62. The van der Waals surface area contributed by atoms with Crippen LogP contribution >= 0.6 is 0 Å². The Hall–Kier alpha value is -1.45. The summed E-state index contributed by atoms with van der Waals surface area (Å²) in [4.78, 5) is 4.29. The molecule has 1 heterocycles. The second kappa shape index (κ2) is 5.25. The Kier molecular flexibility index (Phi) is 3.71. The Morgan fingerprint density at radius 1 is 1.35 bits per heavy atom. The van der Waals surface area contributed by atoms with Crippen molar-refractivity contribution in [3.63, 3.8) is 0 Å². The highest BCUT2D eigenvalue weighted by atomic mass is 16.5. The normalized spacial score (nSPS) is 14.8. The molecular formula is C14H18N2O. The van der Waals surface area contributed by atoms with Crippen molar-refractivity contribution in [2.75, 3.05) is 6.61 Å². The smallest absolute Gasteiger partial charge is 0.0739 e. The molecular weight excluding hydrogens is 212 g/mol. The number of nitrogens with two attached hydrogens (primary N) is 1. The van der Waals surface area contributed by atoms with Gasteiger partial charge in [-0.05, 0) is 37.6 Å². The number of aromatic nitrogens is 1. The summed E-state index contributed by atoms with van der Waals surface area (Å²) < 4.78 is 5.53. The molecule has 1 aromatic carbocycles. The summed E-state index contributed by atoms with van der Waals surface area (Å²) in [7, 11) is 0. The van der Waals surface area contributed by atoms with E-state index in [1.165, 1.54) is 0 Å². The minimum Gasteiger partial charge on any atom is -0.377 e. The quantitative estimate of drug-likeness (QED) is 0.878. The van der Waals surface area contributed by atoms with Crippen LogP contribution in [0.3, 0.4) is 0 Å². The van der Waals surface area contributed by atoms with E-state index in [0.717, 1.165) is 16.5 Å². The highest BCUT2D eigenvalue weighted by molar-refractivity contribution is 5.79. The lowest BCUT2D eigenvalue weighted by Gasteiger charge is -2.20. The van der Waals surface area contributed by atoms with E-state index >= 15 is 0 Å². The van der Waals surface area contributed by atoms with Gasteiger partial charge in [-0.25, -0.2) is 0 Å². The van der Waals surface area contributed by atoms with Crippen LogP contribution in [0.5, 0.6) is 0 Å². The number of fused-ring (bicyclic) bond motifs is 1. The van der Waals surface area contributed by atoms with Gasteiger partial charge >= 0.3 is 0 Å². The van der Waals surface area contributed by atoms with Crippen molar-refractivity contribution in [1.82, 2.24) is 4.98 Å². The van der Waals surface area contributed by atoms with Gasteiger partial charge in [0.05, 0.1) is 17.7 Å². The summed E-state index contributed by atoms with van der Waals surface area (Å²) in [5.74, 6) is 0. The van der Waals surface area contributed by atoms with Crippen LogP contribution in [0.4, 0.5) is 0 Å². The minimum atomic E-state index is -0.0976. The van der Waals surface area contributed by atoms with E-state index in [1.54, 1.807) is 6.20 Å². The molecule has 0 aliphatic heterocycles. The zero-order chi connectivity index (χ0) is 12.3. The Labute approximate surface area is 102 Å². The monoisotopic (exact) mass is 230 g/mol. The van der Waals surface area contributed by atoms with Gasteiger partial charge in [-0.2, -0.15) is 0 Å². The number of pyridine rings is 1. The fraction of sp³-hybridized carbons (Fsp3) is 0.357. The molecule has 0 radical (unpaired) electrons. The van der Waals surface area contributed by atoms with Crippen LogP contribution in [-0.2, 0) is 4.74 Å². The van der Waals surface area contributed by atoms with Gasteiger partial charge in [-0.15, -0.1) is 0 Å². The van der Waals surface area contributed by atoms with E-state index in [-0.39, 0.29) is 12.1 Å². The molecule has 2 N–H and O–H groups in total. The molecule has 0 saturated carbocycles. The zero-order valence-corrected chi connectivity index (χ0v) is 10.3. The van der Waals surface area contributed by atoms with Crippen LogP contribution in [-0.4, -0.2) is 17.7 Å². The first-order valence-corrected chi connectivity index (χ1v) is 5.94. The molecule has 2 atom stereocenters. The van der Waals surface area contributed by atoms with Crippen LogP contribution in [0.1, 0.15) is 25.5 Å². The second-order valence-electron chi connectivity index (χ2n) is 4.14. The molecule has 0 aliphatic carbocycles. The maximum absolute atomic E-state index is 6.17. The van der Waals surface area contributed by atoms with E-state index < -0.39 is 0 Å². The molecule has 0 fully saturated rings. The van der Waals surface area contributed by atoms with Gasteiger partial charge in [0.1, 0.15) is 0 Å². The van der Waals surface area contributed by atoms with Crippen LogP contribution < -0.4 is 5.73 Å². The Morgan fingerprint density at radius 2 is 2.18 bits per heavy atom. The van der Waals surface area contributed by atoms with Crippen molar-refractivity contribution < 1.29 is 4.74 Å². The van der Waals surface area contributed by atoms with E-state index in [2.05, 4.69) is 11.1 Å². The summed E-state index contributed by atoms with van der Waals surface area (Å²) in [5.41, 5.74) is 8.25. The predicted octanol–water partition coefficient (Wildman–Crippen LogP) is 2.66. The fourth-order valence-electron chi connectivity index (χ4n) is 1.94. The highest BCUT2D eigenvalue weighted by Gasteiger charge is 2.15. The minimum absolute atomic E-state index is 0.0223. The van der Waals surface area contributed by atoms with Crippen molar-refractivity contribution in [3.8, 4) is 0 Å². The molecule has 3 nitrogen and oxygen atoms in total. The molecule has 1 aromatic heterocycles. The molecule has 2 unspecified atom stereocenters. The number of hydrogen-bond acceptors (Lipinski definition) is 3. The molecule has 3 heteroatoms. The molecule has 0 amide bonds. The zero-order valence-electron chi connectivity index (χ0n) is 10.3. The van der Waals surface area contributed by atoms with Gasteiger partial charge in [-0.3, -0.25) is 4.98 Å². The fourth-order valence-corrected chi connectivity index (χ4v) is 1.94. The standard InChI is InChI=1S/C14H18N2O/c1-3-17-10(2)14(15)12-6-7-13-11(9-12)5-4-8-16-13/h4-10,14H,3,15H2,1-2H3. The third-order valence-electron chi connectivity index (χ3n) is 2.95. The van der Waals surface area contributed by atoms with Gasteiger partial charge in [0.15, 0.2) is 0 Å². The van der Waals surface area contributed by atoms with Gasteiger partial charge < -0.3 is 10.5 Å². The number of rotatable bonds is 4. The first-order chi connectivity index (χ1) is 8.22. The second-order valence-corrected chi connectivity index (χ2v) is 4.14. The van der Waals surface area contributed by atoms with Crippen molar-refractivity contribution in [3.05, 3.63) is 42.1 Å². The summed E-state index contributed by atoms with van der Waals surface area (Å²) >= 11 is 0. The molecule has 0 aliphatic rings. The summed E-state index contributed by atoms with van der Waals surface area (Å²) in [6.45, 7) is 4.67. The summed E-state index contributed by atoms with van der Waals surface area (Å²) in [5, 5.41) is 1.11. The largest absolute Gasteiger partial charge is 0.377 e. The van der Waals surface area contributed by atoms with Gasteiger partial charge in [0, 0.05) is 18.2 Å². The number of benzene rings is 1. The first-order valence-electron chi connectivity index (χ1n) is 5.94. The van der Waals surface area contributed by atoms with Gasteiger partial charge in [0.2, 0.25) is 0 Å². The molecule has 17 heavy (non-hydrogen) atoms. The molecule has 90 valence electrons. The predicted molar refractivity (Wildman–Crippen MR) is 69.8 cm³/mol. The summed E-state index contributed by atoms with van der Waals surface area (Å²) in [6, 6.07) is 9.99. The maximum atomic E-state index is 6.17. The van der Waals surface area contributed by atoms with Crippen LogP contribution in [0.2, 0.25) is 0 Å². The van der Waals surface area contributed by atoms with Crippen LogP contribution in [0.15, 0.2) is 36.5 Å². The Balaban J connectivity index is 2.29. The lowest BCUT2D eigenvalue weighted by atomic mass is 10.0. The number of nitrogens with zero attached hydrogens (tertiary/aromatic N) is 1. The average molecular weight is 230 g/mol. The first kappa shape index (κ1) is 12.0. The van der Waals surface area contributed by atoms with Crippen molar-refractivity contribution >= 4 is 10.9 Å². The lowest BCUT2D eigenvalue weighted by molar-refractivity contribution is 0.0575. The molecule has 2 aromatic rings. The topological polar surface area (TPSA) is 48.1 Å². The SMILES string of the molecule is CCOC(C)C(N)c1ccc2ncccc2c1. The average Bonchev–Trinajstić information content (AvgIpc) is 2.37. The van der Waals surface area contributed by atoms with E-state index in [0.29, 0.717) is 6.61 Å².